The second-order valence-corrected chi connectivity index (χ2v) is 7.64. The number of benzene rings is 3. The molecule has 0 atom stereocenters. The van der Waals surface area contributed by atoms with Gasteiger partial charge in [0.1, 0.15) is 11.6 Å². The topological polar surface area (TPSA) is 30.7 Å². The number of rotatable bonds is 6. The lowest BCUT2D eigenvalue weighted by molar-refractivity contribution is 0.617. The minimum atomic E-state index is -0.215. The number of hydrogen-bond donors (Lipinski definition) is 0. The number of nitrogens with zero attached hydrogens (tertiary/aromatic N) is 3. The first-order valence-electron chi connectivity index (χ1n) is 8.81. The zero-order valence-corrected chi connectivity index (χ0v) is 16.5. The Morgan fingerprint density at radius 3 is 2.46 bits per heavy atom. The summed E-state index contributed by atoms with van der Waals surface area (Å²) in [4.78, 5) is 0. The Bertz CT molecular complexity index is 1080. The third kappa shape index (κ3) is 4.26. The monoisotopic (exact) mass is 409 g/mol. The van der Waals surface area contributed by atoms with Crippen LogP contribution in [0, 0.1) is 5.82 Å². The van der Waals surface area contributed by atoms with Gasteiger partial charge in [0.25, 0.3) is 0 Å². The molecule has 4 aromatic rings. The fourth-order valence-corrected chi connectivity index (χ4v) is 4.06. The van der Waals surface area contributed by atoms with Crippen molar-refractivity contribution in [3.05, 3.63) is 107 Å². The van der Waals surface area contributed by atoms with Crippen molar-refractivity contribution < 1.29 is 4.39 Å². The van der Waals surface area contributed by atoms with Crippen molar-refractivity contribution in [1.29, 1.82) is 0 Å². The van der Waals surface area contributed by atoms with Gasteiger partial charge >= 0.3 is 0 Å². The van der Waals surface area contributed by atoms with Gasteiger partial charge in [-0.3, -0.25) is 4.57 Å². The molecular formula is C22H17ClFN3S. The maximum atomic E-state index is 14.0. The first kappa shape index (κ1) is 18.7. The summed E-state index contributed by atoms with van der Waals surface area (Å²) in [5.74, 6) is 1.06. The summed E-state index contributed by atoms with van der Waals surface area (Å²) in [7, 11) is 0. The number of halogens is 2. The van der Waals surface area contributed by atoms with Crippen LogP contribution in [0.5, 0.6) is 0 Å². The van der Waals surface area contributed by atoms with Gasteiger partial charge in [0.05, 0.1) is 5.69 Å². The third-order valence-electron chi connectivity index (χ3n) is 4.29. The molecule has 28 heavy (non-hydrogen) atoms. The van der Waals surface area contributed by atoms with E-state index in [1.807, 2.05) is 53.1 Å². The first-order valence-corrected chi connectivity index (χ1v) is 10.2. The van der Waals surface area contributed by atoms with Crippen molar-refractivity contribution in [2.24, 2.45) is 0 Å². The normalized spacial score (nSPS) is 10.9. The predicted octanol–water partition coefficient (Wildman–Crippen LogP) is 5.94. The zero-order chi connectivity index (χ0) is 19.3. The Kier molecular flexibility index (Phi) is 5.74. The van der Waals surface area contributed by atoms with Crippen molar-refractivity contribution in [2.75, 3.05) is 0 Å². The summed E-state index contributed by atoms with van der Waals surface area (Å²) in [5, 5.41) is 10.1. The van der Waals surface area contributed by atoms with Gasteiger partial charge in [-0.1, -0.05) is 78.0 Å². The lowest BCUT2D eigenvalue weighted by atomic mass is 10.1. The third-order valence-corrected chi connectivity index (χ3v) is 5.50. The van der Waals surface area contributed by atoms with Crippen LogP contribution < -0.4 is 0 Å². The van der Waals surface area contributed by atoms with Gasteiger partial charge in [0, 0.05) is 17.2 Å². The summed E-state index contributed by atoms with van der Waals surface area (Å²) in [5.41, 5.74) is 2.67. The van der Waals surface area contributed by atoms with Gasteiger partial charge in [0.2, 0.25) is 0 Å². The molecule has 0 aliphatic carbocycles. The minimum absolute atomic E-state index is 0.215. The molecule has 0 fully saturated rings. The molecule has 0 saturated carbocycles. The highest BCUT2D eigenvalue weighted by molar-refractivity contribution is 7.98. The molecule has 0 N–H and O–H groups in total. The average molecular weight is 410 g/mol. The average Bonchev–Trinajstić information content (AvgIpc) is 3.10. The van der Waals surface area contributed by atoms with Crippen molar-refractivity contribution >= 4 is 23.4 Å². The van der Waals surface area contributed by atoms with Gasteiger partial charge in [0.15, 0.2) is 5.16 Å². The number of aromatic nitrogens is 3. The maximum Gasteiger partial charge on any atom is 0.196 e. The van der Waals surface area contributed by atoms with E-state index in [0.717, 1.165) is 17.1 Å². The van der Waals surface area contributed by atoms with E-state index >= 15 is 0 Å². The van der Waals surface area contributed by atoms with E-state index in [-0.39, 0.29) is 5.82 Å². The molecular weight excluding hydrogens is 393 g/mol. The molecule has 0 saturated heterocycles. The number of hydrogen-bond acceptors (Lipinski definition) is 3. The van der Waals surface area contributed by atoms with E-state index in [1.54, 1.807) is 12.1 Å². The van der Waals surface area contributed by atoms with Gasteiger partial charge in [-0.25, -0.2) is 4.39 Å². The van der Waals surface area contributed by atoms with Crippen molar-refractivity contribution in [1.82, 2.24) is 14.8 Å². The van der Waals surface area contributed by atoms with E-state index in [9.17, 15) is 4.39 Å². The standard InChI is InChI=1S/C22H17ClFN3S/c23-18-10-6-11-19(14-18)27-21(13-16-7-2-1-3-8-16)25-26-22(27)28-15-17-9-4-5-12-20(17)24/h1-12,14H,13,15H2. The summed E-state index contributed by atoms with van der Waals surface area (Å²) >= 11 is 7.66. The van der Waals surface area contributed by atoms with Crippen LogP contribution in [0.4, 0.5) is 4.39 Å². The van der Waals surface area contributed by atoms with Gasteiger partial charge in [-0.05, 0) is 35.4 Å². The van der Waals surface area contributed by atoms with Crippen LogP contribution in [0.1, 0.15) is 17.0 Å². The number of thioether (sulfide) groups is 1. The fourth-order valence-electron chi connectivity index (χ4n) is 2.92. The van der Waals surface area contributed by atoms with Gasteiger partial charge < -0.3 is 0 Å². The Morgan fingerprint density at radius 2 is 1.68 bits per heavy atom. The molecule has 0 aliphatic rings. The summed E-state index contributed by atoms with van der Waals surface area (Å²) in [6.07, 6.45) is 0.639. The second kappa shape index (κ2) is 8.59. The Hall–Kier alpha value is -2.63. The summed E-state index contributed by atoms with van der Waals surface area (Å²) in [6.45, 7) is 0. The highest BCUT2D eigenvalue weighted by atomic mass is 35.5. The molecule has 3 aromatic carbocycles. The van der Waals surface area contributed by atoms with Crippen LogP contribution in [0.15, 0.2) is 84.0 Å². The predicted molar refractivity (Wildman–Crippen MR) is 112 cm³/mol. The molecule has 6 heteroatoms. The van der Waals surface area contributed by atoms with Gasteiger partial charge in [-0.2, -0.15) is 0 Å². The molecule has 3 nitrogen and oxygen atoms in total. The molecule has 1 heterocycles. The smallest absolute Gasteiger partial charge is 0.196 e. The highest BCUT2D eigenvalue weighted by Gasteiger charge is 2.16. The Balaban J connectivity index is 1.68. The second-order valence-electron chi connectivity index (χ2n) is 6.26. The first-order chi connectivity index (χ1) is 13.7. The SMILES string of the molecule is Fc1ccccc1CSc1nnc(Cc2ccccc2)n1-c1cccc(Cl)c1. The zero-order valence-electron chi connectivity index (χ0n) is 14.9. The van der Waals surface area contributed by atoms with E-state index in [0.29, 0.717) is 27.9 Å². The van der Waals surface area contributed by atoms with Crippen LogP contribution in [-0.4, -0.2) is 14.8 Å². The molecule has 0 bridgehead atoms. The van der Waals surface area contributed by atoms with Gasteiger partial charge in [-0.15, -0.1) is 10.2 Å². The van der Waals surface area contributed by atoms with Crippen LogP contribution in [0.2, 0.25) is 5.02 Å². The van der Waals surface area contributed by atoms with E-state index < -0.39 is 0 Å². The summed E-state index contributed by atoms with van der Waals surface area (Å²) in [6, 6.07) is 24.5. The van der Waals surface area contributed by atoms with Crippen LogP contribution in [0.3, 0.4) is 0 Å². The van der Waals surface area contributed by atoms with Crippen molar-refractivity contribution in [2.45, 2.75) is 17.3 Å². The Labute approximate surface area is 172 Å². The minimum Gasteiger partial charge on any atom is -0.274 e. The molecule has 1 aromatic heterocycles. The molecule has 4 rings (SSSR count). The van der Waals surface area contributed by atoms with Crippen molar-refractivity contribution in [3.8, 4) is 5.69 Å². The van der Waals surface area contributed by atoms with Crippen LogP contribution in [-0.2, 0) is 12.2 Å². The quantitative estimate of drug-likeness (QED) is 0.369. The summed E-state index contributed by atoms with van der Waals surface area (Å²) < 4.78 is 16.0. The molecule has 0 aliphatic heterocycles. The lowest BCUT2D eigenvalue weighted by Crippen LogP contribution is -2.04. The van der Waals surface area contributed by atoms with Crippen LogP contribution in [0.25, 0.3) is 5.69 Å². The molecule has 0 radical (unpaired) electrons. The van der Waals surface area contributed by atoms with E-state index in [1.165, 1.54) is 17.8 Å². The fraction of sp³-hybridized carbons (Fsp3) is 0.0909. The highest BCUT2D eigenvalue weighted by Crippen LogP contribution is 2.28. The van der Waals surface area contributed by atoms with E-state index in [4.69, 9.17) is 11.6 Å². The molecule has 0 spiro atoms. The largest absolute Gasteiger partial charge is 0.274 e. The molecule has 140 valence electrons. The lowest BCUT2D eigenvalue weighted by Gasteiger charge is -2.11. The molecule has 0 unspecified atom stereocenters. The van der Waals surface area contributed by atoms with Crippen molar-refractivity contribution in [3.63, 3.8) is 0 Å². The Morgan fingerprint density at radius 1 is 0.893 bits per heavy atom. The van der Waals surface area contributed by atoms with Crippen LogP contribution >= 0.6 is 23.4 Å². The van der Waals surface area contributed by atoms with E-state index in [2.05, 4.69) is 22.3 Å². The maximum absolute atomic E-state index is 14.0. The molecule has 0 amide bonds.